The molecule has 0 aliphatic heterocycles. The molecule has 7 heteroatoms. The first-order valence-electron chi connectivity index (χ1n) is 8.17. The summed E-state index contributed by atoms with van der Waals surface area (Å²) in [4.78, 5) is 4.66. The van der Waals surface area contributed by atoms with Gasteiger partial charge in [-0.15, -0.1) is 24.0 Å². The minimum Gasteiger partial charge on any atom is -0.496 e. The highest BCUT2D eigenvalue weighted by Gasteiger charge is 2.19. The number of guanidine groups is 1. The van der Waals surface area contributed by atoms with Crippen LogP contribution in [0.1, 0.15) is 38.2 Å². The van der Waals surface area contributed by atoms with E-state index in [1.54, 1.807) is 7.11 Å². The molecular formula is C17H27BrIN3O2. The van der Waals surface area contributed by atoms with Crippen LogP contribution in [0, 0.1) is 0 Å². The SMILES string of the molecule is CCNC(=NCc1ccc(OC)c(Br)c1)NC1CCC(O)CC1.I. The molecule has 2 rings (SSSR count). The maximum atomic E-state index is 9.60. The Labute approximate surface area is 169 Å². The highest BCUT2D eigenvalue weighted by molar-refractivity contribution is 14.0. The predicted octanol–water partition coefficient (Wildman–Crippen LogP) is 3.43. The Bertz CT molecular complexity index is 535. The van der Waals surface area contributed by atoms with E-state index in [0.29, 0.717) is 12.6 Å². The van der Waals surface area contributed by atoms with Gasteiger partial charge in [0.15, 0.2) is 5.96 Å². The number of aliphatic imine (C=N–C) groups is 1. The number of rotatable bonds is 5. The number of aliphatic hydroxyl groups is 1. The van der Waals surface area contributed by atoms with E-state index >= 15 is 0 Å². The molecule has 136 valence electrons. The third-order valence-electron chi connectivity index (χ3n) is 4.02. The van der Waals surface area contributed by atoms with Crippen LogP contribution in [-0.4, -0.2) is 36.9 Å². The maximum absolute atomic E-state index is 9.60. The zero-order chi connectivity index (χ0) is 16.7. The average Bonchev–Trinajstić information content (AvgIpc) is 2.55. The van der Waals surface area contributed by atoms with Crippen molar-refractivity contribution in [2.45, 2.75) is 51.3 Å². The second-order valence-corrected chi connectivity index (χ2v) is 6.67. The van der Waals surface area contributed by atoms with Crippen LogP contribution in [0.2, 0.25) is 0 Å². The van der Waals surface area contributed by atoms with Crippen molar-refractivity contribution in [3.05, 3.63) is 28.2 Å². The molecule has 0 atom stereocenters. The Morgan fingerprint density at radius 2 is 2.04 bits per heavy atom. The first kappa shape index (κ1) is 21.5. The van der Waals surface area contributed by atoms with Gasteiger partial charge in [0.05, 0.1) is 24.2 Å². The molecule has 0 spiro atoms. The zero-order valence-electron chi connectivity index (χ0n) is 14.2. The Morgan fingerprint density at radius 1 is 1.33 bits per heavy atom. The van der Waals surface area contributed by atoms with Crippen LogP contribution in [0.3, 0.4) is 0 Å². The first-order chi connectivity index (χ1) is 11.1. The van der Waals surface area contributed by atoms with E-state index in [1.807, 2.05) is 18.2 Å². The van der Waals surface area contributed by atoms with E-state index in [-0.39, 0.29) is 30.1 Å². The van der Waals surface area contributed by atoms with Gasteiger partial charge in [0.2, 0.25) is 0 Å². The minimum atomic E-state index is -0.135. The molecule has 1 fully saturated rings. The third-order valence-corrected chi connectivity index (χ3v) is 4.64. The van der Waals surface area contributed by atoms with Crippen molar-refractivity contribution in [2.75, 3.05) is 13.7 Å². The summed E-state index contributed by atoms with van der Waals surface area (Å²) in [5.74, 6) is 1.66. The minimum absolute atomic E-state index is 0. The van der Waals surface area contributed by atoms with E-state index < -0.39 is 0 Å². The van der Waals surface area contributed by atoms with E-state index in [0.717, 1.165) is 54.0 Å². The number of hydrogen-bond acceptors (Lipinski definition) is 3. The zero-order valence-corrected chi connectivity index (χ0v) is 18.1. The highest BCUT2D eigenvalue weighted by atomic mass is 127. The van der Waals surface area contributed by atoms with Gasteiger partial charge in [-0.1, -0.05) is 6.07 Å². The summed E-state index contributed by atoms with van der Waals surface area (Å²) in [6, 6.07) is 6.38. The van der Waals surface area contributed by atoms with Crippen molar-refractivity contribution in [3.63, 3.8) is 0 Å². The molecule has 1 aliphatic carbocycles. The molecule has 0 heterocycles. The van der Waals surface area contributed by atoms with E-state index in [4.69, 9.17) is 4.74 Å². The Balaban J connectivity index is 0.00000288. The molecule has 0 aromatic heterocycles. The summed E-state index contributed by atoms with van der Waals surface area (Å²) in [5.41, 5.74) is 1.12. The summed E-state index contributed by atoms with van der Waals surface area (Å²) in [5, 5.41) is 16.4. The van der Waals surface area contributed by atoms with Crippen molar-refractivity contribution in [2.24, 2.45) is 4.99 Å². The van der Waals surface area contributed by atoms with Gasteiger partial charge in [0.25, 0.3) is 0 Å². The molecule has 3 N–H and O–H groups in total. The monoisotopic (exact) mass is 511 g/mol. The number of nitrogens with one attached hydrogen (secondary N) is 2. The average molecular weight is 512 g/mol. The second-order valence-electron chi connectivity index (χ2n) is 5.81. The molecule has 1 aromatic carbocycles. The van der Waals surface area contributed by atoms with Crippen LogP contribution >= 0.6 is 39.9 Å². The maximum Gasteiger partial charge on any atom is 0.191 e. The molecular weight excluding hydrogens is 485 g/mol. The number of halogens is 2. The van der Waals surface area contributed by atoms with Gasteiger partial charge in [-0.3, -0.25) is 0 Å². The Hall–Kier alpha value is -0.540. The normalized spacial score (nSPS) is 20.9. The molecule has 1 aromatic rings. The molecule has 1 saturated carbocycles. The van der Waals surface area contributed by atoms with Crippen LogP contribution in [-0.2, 0) is 6.54 Å². The Morgan fingerprint density at radius 3 is 2.62 bits per heavy atom. The highest BCUT2D eigenvalue weighted by Crippen LogP contribution is 2.25. The summed E-state index contributed by atoms with van der Waals surface area (Å²) in [6.45, 7) is 3.49. The molecule has 0 radical (unpaired) electrons. The molecule has 0 amide bonds. The largest absolute Gasteiger partial charge is 0.496 e. The number of ether oxygens (including phenoxy) is 1. The van der Waals surface area contributed by atoms with E-state index in [9.17, 15) is 5.11 Å². The lowest BCUT2D eigenvalue weighted by molar-refractivity contribution is 0.120. The smallest absolute Gasteiger partial charge is 0.191 e. The number of benzene rings is 1. The van der Waals surface area contributed by atoms with Crippen molar-refractivity contribution in [3.8, 4) is 5.75 Å². The fourth-order valence-electron chi connectivity index (χ4n) is 2.71. The quantitative estimate of drug-likeness (QED) is 0.322. The van der Waals surface area contributed by atoms with Crippen molar-refractivity contribution < 1.29 is 9.84 Å². The van der Waals surface area contributed by atoms with Crippen LogP contribution < -0.4 is 15.4 Å². The van der Waals surface area contributed by atoms with Crippen LogP contribution in [0.25, 0.3) is 0 Å². The standard InChI is InChI=1S/C17H26BrN3O2.HI/c1-3-19-17(21-13-5-7-14(22)8-6-13)20-11-12-4-9-16(23-2)15(18)10-12;/h4,9-10,13-14,22H,3,5-8,11H2,1-2H3,(H2,19,20,21);1H. The van der Waals surface area contributed by atoms with Crippen molar-refractivity contribution >= 4 is 45.9 Å². The van der Waals surface area contributed by atoms with Crippen molar-refractivity contribution in [1.29, 1.82) is 0 Å². The molecule has 24 heavy (non-hydrogen) atoms. The van der Waals surface area contributed by atoms with Crippen molar-refractivity contribution in [1.82, 2.24) is 10.6 Å². The van der Waals surface area contributed by atoms with Crippen LogP contribution in [0.5, 0.6) is 5.75 Å². The van der Waals surface area contributed by atoms with Gasteiger partial charge < -0.3 is 20.5 Å². The molecule has 5 nitrogen and oxygen atoms in total. The van der Waals surface area contributed by atoms with Gasteiger partial charge in [0, 0.05) is 12.6 Å². The lowest BCUT2D eigenvalue weighted by Crippen LogP contribution is -2.45. The van der Waals surface area contributed by atoms with Gasteiger partial charge in [0.1, 0.15) is 5.75 Å². The lowest BCUT2D eigenvalue weighted by Gasteiger charge is -2.27. The summed E-state index contributed by atoms with van der Waals surface area (Å²) >= 11 is 3.50. The summed E-state index contributed by atoms with van der Waals surface area (Å²) in [6.07, 6.45) is 3.56. The predicted molar refractivity (Wildman–Crippen MR) is 112 cm³/mol. The first-order valence-corrected chi connectivity index (χ1v) is 8.97. The van der Waals surface area contributed by atoms with Gasteiger partial charge >= 0.3 is 0 Å². The molecule has 0 bridgehead atoms. The van der Waals surface area contributed by atoms with E-state index in [1.165, 1.54) is 0 Å². The van der Waals surface area contributed by atoms with E-state index in [2.05, 4.69) is 38.5 Å². The van der Waals surface area contributed by atoms with Gasteiger partial charge in [-0.05, 0) is 66.2 Å². The fourth-order valence-corrected chi connectivity index (χ4v) is 3.30. The molecule has 0 unspecified atom stereocenters. The molecule has 1 aliphatic rings. The Kier molecular flexibility index (Phi) is 9.99. The number of nitrogens with zero attached hydrogens (tertiary/aromatic N) is 1. The summed E-state index contributed by atoms with van der Waals surface area (Å²) < 4.78 is 6.18. The molecule has 0 saturated heterocycles. The fraction of sp³-hybridized carbons (Fsp3) is 0.588. The lowest BCUT2D eigenvalue weighted by atomic mass is 9.93. The third kappa shape index (κ3) is 6.76. The topological polar surface area (TPSA) is 65.9 Å². The number of hydrogen-bond donors (Lipinski definition) is 3. The van der Waals surface area contributed by atoms with Crippen LogP contribution in [0.4, 0.5) is 0 Å². The number of methoxy groups -OCH3 is 1. The number of aliphatic hydroxyl groups excluding tert-OH is 1. The van der Waals surface area contributed by atoms with Crippen LogP contribution in [0.15, 0.2) is 27.7 Å². The van der Waals surface area contributed by atoms with Gasteiger partial charge in [-0.2, -0.15) is 0 Å². The summed E-state index contributed by atoms with van der Waals surface area (Å²) in [7, 11) is 1.66. The van der Waals surface area contributed by atoms with Gasteiger partial charge in [-0.25, -0.2) is 4.99 Å². The second kappa shape index (κ2) is 11.1.